The highest BCUT2D eigenvalue weighted by molar-refractivity contribution is 7.89. The lowest BCUT2D eigenvalue weighted by Gasteiger charge is -2.07. The molecule has 0 atom stereocenters. The Kier molecular flexibility index (Phi) is 3.43. The molecule has 0 saturated heterocycles. The van der Waals surface area contributed by atoms with Crippen LogP contribution in [0, 0.1) is 6.92 Å². The Morgan fingerprint density at radius 2 is 2.29 bits per heavy atom. The van der Waals surface area contributed by atoms with Gasteiger partial charge in [0.25, 0.3) is 0 Å². The van der Waals surface area contributed by atoms with Crippen molar-refractivity contribution in [1.82, 2.24) is 4.98 Å². The summed E-state index contributed by atoms with van der Waals surface area (Å²) >= 11 is 0. The van der Waals surface area contributed by atoms with E-state index in [-0.39, 0.29) is 5.75 Å². The molecule has 6 heteroatoms. The first-order valence-corrected chi connectivity index (χ1v) is 5.85. The fourth-order valence-corrected chi connectivity index (χ4v) is 1.39. The van der Waals surface area contributed by atoms with E-state index < -0.39 is 10.0 Å². The number of primary sulfonamides is 1. The van der Waals surface area contributed by atoms with Crippen molar-refractivity contribution >= 4 is 15.7 Å². The van der Waals surface area contributed by atoms with Crippen LogP contribution in [-0.2, 0) is 10.0 Å². The first-order chi connectivity index (χ1) is 6.49. The third-order valence-corrected chi connectivity index (χ3v) is 2.50. The number of anilines is 1. The number of sulfonamides is 1. The maximum absolute atomic E-state index is 10.6. The van der Waals surface area contributed by atoms with Crippen molar-refractivity contribution in [3.05, 3.63) is 24.0 Å². The SMILES string of the molecule is Cc1cnccc1NCCS(N)(=O)=O. The molecule has 0 saturated carbocycles. The fraction of sp³-hybridized carbons (Fsp3) is 0.375. The number of hydrogen-bond donors (Lipinski definition) is 2. The van der Waals surface area contributed by atoms with Gasteiger partial charge < -0.3 is 5.32 Å². The summed E-state index contributed by atoms with van der Waals surface area (Å²) < 4.78 is 21.3. The second-order valence-electron chi connectivity index (χ2n) is 2.98. The second-order valence-corrected chi connectivity index (χ2v) is 4.72. The minimum absolute atomic E-state index is 0.0746. The smallest absolute Gasteiger partial charge is 0.210 e. The van der Waals surface area contributed by atoms with E-state index in [1.54, 1.807) is 18.5 Å². The molecule has 0 bridgehead atoms. The van der Waals surface area contributed by atoms with E-state index in [9.17, 15) is 8.42 Å². The van der Waals surface area contributed by atoms with Crippen molar-refractivity contribution < 1.29 is 8.42 Å². The third-order valence-electron chi connectivity index (χ3n) is 1.72. The van der Waals surface area contributed by atoms with Crippen LogP contribution in [0.2, 0.25) is 0 Å². The van der Waals surface area contributed by atoms with E-state index in [1.165, 1.54) is 0 Å². The first-order valence-electron chi connectivity index (χ1n) is 4.14. The molecule has 78 valence electrons. The average molecular weight is 215 g/mol. The molecule has 0 spiro atoms. The van der Waals surface area contributed by atoms with Gasteiger partial charge in [-0.15, -0.1) is 0 Å². The van der Waals surface area contributed by atoms with E-state index in [2.05, 4.69) is 10.3 Å². The molecule has 0 aliphatic heterocycles. The van der Waals surface area contributed by atoms with Crippen LogP contribution in [0.4, 0.5) is 5.69 Å². The van der Waals surface area contributed by atoms with Crippen molar-refractivity contribution in [2.45, 2.75) is 6.92 Å². The Morgan fingerprint density at radius 1 is 1.57 bits per heavy atom. The zero-order valence-electron chi connectivity index (χ0n) is 7.90. The molecule has 0 unspecified atom stereocenters. The number of hydrogen-bond acceptors (Lipinski definition) is 4. The fourth-order valence-electron chi connectivity index (χ4n) is 1.000. The molecule has 0 fully saturated rings. The summed E-state index contributed by atoms with van der Waals surface area (Å²) in [5.74, 6) is -0.0746. The third kappa shape index (κ3) is 3.71. The van der Waals surface area contributed by atoms with Crippen LogP contribution in [-0.4, -0.2) is 25.7 Å². The van der Waals surface area contributed by atoms with Gasteiger partial charge in [-0.05, 0) is 18.6 Å². The van der Waals surface area contributed by atoms with Gasteiger partial charge in [0.05, 0.1) is 5.75 Å². The summed E-state index contributed by atoms with van der Waals surface area (Å²) in [6.07, 6.45) is 3.35. The minimum atomic E-state index is -3.39. The van der Waals surface area contributed by atoms with Crippen LogP contribution in [0.3, 0.4) is 0 Å². The minimum Gasteiger partial charge on any atom is -0.384 e. The predicted molar refractivity (Wildman–Crippen MR) is 55.4 cm³/mol. The molecule has 1 rings (SSSR count). The topological polar surface area (TPSA) is 85.1 Å². The molecular formula is C8H13N3O2S. The van der Waals surface area contributed by atoms with Crippen LogP contribution in [0.5, 0.6) is 0 Å². The van der Waals surface area contributed by atoms with Crippen LogP contribution in [0.25, 0.3) is 0 Å². The first kappa shape index (κ1) is 10.9. The number of nitrogens with zero attached hydrogens (tertiary/aromatic N) is 1. The van der Waals surface area contributed by atoms with Gasteiger partial charge in [-0.25, -0.2) is 13.6 Å². The Labute approximate surface area is 83.4 Å². The quantitative estimate of drug-likeness (QED) is 0.745. The highest BCUT2D eigenvalue weighted by atomic mass is 32.2. The molecule has 14 heavy (non-hydrogen) atoms. The largest absolute Gasteiger partial charge is 0.384 e. The maximum atomic E-state index is 10.6. The monoisotopic (exact) mass is 215 g/mol. The van der Waals surface area contributed by atoms with Gasteiger partial charge in [-0.1, -0.05) is 0 Å². The molecule has 5 nitrogen and oxygen atoms in total. The molecule has 1 heterocycles. The molecule has 1 aromatic rings. The van der Waals surface area contributed by atoms with Crippen molar-refractivity contribution in [3.63, 3.8) is 0 Å². The molecule has 0 amide bonds. The number of aromatic nitrogens is 1. The lowest BCUT2D eigenvalue weighted by Crippen LogP contribution is -2.22. The number of nitrogens with two attached hydrogens (primary N) is 1. The Bertz CT molecular complexity index is 403. The number of nitrogens with one attached hydrogen (secondary N) is 1. The number of rotatable bonds is 4. The molecular weight excluding hydrogens is 202 g/mol. The van der Waals surface area contributed by atoms with Crippen LogP contribution < -0.4 is 10.5 Å². The van der Waals surface area contributed by atoms with E-state index in [4.69, 9.17) is 5.14 Å². The lowest BCUT2D eigenvalue weighted by molar-refractivity contribution is 0.598. The standard InChI is InChI=1S/C8H13N3O2S/c1-7-6-10-3-2-8(7)11-4-5-14(9,12)13/h2-3,6H,4-5H2,1H3,(H,10,11)(H2,9,12,13). The van der Waals surface area contributed by atoms with Crippen LogP contribution >= 0.6 is 0 Å². The zero-order chi connectivity index (χ0) is 10.6. The highest BCUT2D eigenvalue weighted by Gasteiger charge is 2.02. The lowest BCUT2D eigenvalue weighted by atomic mass is 10.2. The molecule has 0 radical (unpaired) electrons. The highest BCUT2D eigenvalue weighted by Crippen LogP contribution is 2.10. The van der Waals surface area contributed by atoms with Crippen molar-refractivity contribution in [1.29, 1.82) is 0 Å². The van der Waals surface area contributed by atoms with Crippen molar-refractivity contribution in [2.75, 3.05) is 17.6 Å². The van der Waals surface area contributed by atoms with E-state index >= 15 is 0 Å². The molecule has 0 aliphatic rings. The summed E-state index contributed by atoms with van der Waals surface area (Å²) in [6, 6.07) is 1.79. The number of pyridine rings is 1. The van der Waals surface area contributed by atoms with Gasteiger partial charge in [0.1, 0.15) is 0 Å². The molecule has 3 N–H and O–H groups in total. The Hall–Kier alpha value is -1.14. The van der Waals surface area contributed by atoms with Gasteiger partial charge in [-0.3, -0.25) is 4.98 Å². The van der Waals surface area contributed by atoms with Crippen LogP contribution in [0.1, 0.15) is 5.56 Å². The zero-order valence-corrected chi connectivity index (χ0v) is 8.71. The number of aryl methyl sites for hydroxylation is 1. The average Bonchev–Trinajstić information content (AvgIpc) is 2.06. The van der Waals surface area contributed by atoms with Gasteiger partial charge in [0, 0.05) is 24.6 Å². The normalized spacial score (nSPS) is 11.3. The van der Waals surface area contributed by atoms with Gasteiger partial charge >= 0.3 is 0 Å². The Morgan fingerprint density at radius 3 is 2.86 bits per heavy atom. The van der Waals surface area contributed by atoms with Crippen molar-refractivity contribution in [2.24, 2.45) is 5.14 Å². The maximum Gasteiger partial charge on any atom is 0.210 e. The Balaban J connectivity index is 2.51. The summed E-state index contributed by atoms with van der Waals surface area (Å²) in [6.45, 7) is 2.20. The van der Waals surface area contributed by atoms with Crippen LogP contribution in [0.15, 0.2) is 18.5 Å². The summed E-state index contributed by atoms with van der Waals surface area (Å²) in [7, 11) is -3.39. The molecule has 0 aliphatic carbocycles. The van der Waals surface area contributed by atoms with Gasteiger partial charge in [0.15, 0.2) is 0 Å². The van der Waals surface area contributed by atoms with E-state index in [0.717, 1.165) is 11.3 Å². The molecule has 1 aromatic heterocycles. The molecule has 0 aromatic carbocycles. The van der Waals surface area contributed by atoms with E-state index in [0.29, 0.717) is 6.54 Å². The summed E-state index contributed by atoms with van der Waals surface area (Å²) in [5, 5.41) is 7.83. The summed E-state index contributed by atoms with van der Waals surface area (Å²) in [4.78, 5) is 3.92. The van der Waals surface area contributed by atoms with Crippen molar-refractivity contribution in [3.8, 4) is 0 Å². The van der Waals surface area contributed by atoms with E-state index in [1.807, 2.05) is 6.92 Å². The van der Waals surface area contributed by atoms with Gasteiger partial charge in [-0.2, -0.15) is 0 Å². The summed E-state index contributed by atoms with van der Waals surface area (Å²) in [5.41, 5.74) is 1.85. The van der Waals surface area contributed by atoms with Gasteiger partial charge in [0.2, 0.25) is 10.0 Å². The predicted octanol–water partition coefficient (Wildman–Crippen LogP) is 0.0904. The second kappa shape index (κ2) is 4.39.